The molecule has 2 heterocycles. The summed E-state index contributed by atoms with van der Waals surface area (Å²) in [6.45, 7) is 0. The molecule has 0 aliphatic heterocycles. The summed E-state index contributed by atoms with van der Waals surface area (Å²) in [5.74, 6) is 0.694. The molecule has 1 aliphatic carbocycles. The van der Waals surface area contributed by atoms with Gasteiger partial charge in [-0.1, -0.05) is 188 Å². The van der Waals surface area contributed by atoms with Crippen LogP contribution in [0.4, 0.5) is 0 Å². The third kappa shape index (κ3) is 5.59. The molecule has 9 aromatic carbocycles. The number of nitrogens with zero attached hydrogens (tertiary/aromatic N) is 3. The van der Waals surface area contributed by atoms with Gasteiger partial charge >= 0.3 is 0 Å². The smallest absolute Gasteiger partial charge is 0.160 e. The molecule has 0 unspecified atom stereocenters. The fourth-order valence-electron chi connectivity index (χ4n) is 10.0. The normalized spacial score (nSPS) is 12.6. The van der Waals surface area contributed by atoms with Gasteiger partial charge in [0.1, 0.15) is 0 Å². The van der Waals surface area contributed by atoms with Crippen molar-refractivity contribution in [3.8, 4) is 61.8 Å². The number of benzene rings is 9. The Morgan fingerprint density at radius 1 is 0.339 bits per heavy atom. The molecular weight excluding hydrogens is 751 g/mol. The minimum atomic E-state index is -0.473. The van der Waals surface area contributed by atoms with Crippen LogP contribution in [0, 0.1) is 0 Å². The minimum Gasteiger partial charge on any atom is -0.309 e. The fourth-order valence-corrected chi connectivity index (χ4v) is 10.0. The molecule has 0 saturated heterocycles. The van der Waals surface area contributed by atoms with Gasteiger partial charge in [0, 0.05) is 33.2 Å². The van der Waals surface area contributed by atoms with Crippen molar-refractivity contribution in [2.75, 3.05) is 0 Å². The van der Waals surface area contributed by atoms with Gasteiger partial charge in [0.25, 0.3) is 0 Å². The van der Waals surface area contributed by atoms with E-state index < -0.39 is 5.41 Å². The predicted molar refractivity (Wildman–Crippen MR) is 255 cm³/mol. The molecule has 290 valence electrons. The number of hydrogen-bond donors (Lipinski definition) is 0. The van der Waals surface area contributed by atoms with Gasteiger partial charge in [0.2, 0.25) is 0 Å². The predicted octanol–water partition coefficient (Wildman–Crippen LogP) is 14.6. The first-order valence-electron chi connectivity index (χ1n) is 21.2. The first kappa shape index (κ1) is 35.8. The van der Waals surface area contributed by atoms with Gasteiger partial charge in [-0.05, 0) is 93.0 Å². The molecule has 3 nitrogen and oxygen atoms in total. The Labute approximate surface area is 360 Å². The van der Waals surface area contributed by atoms with Crippen molar-refractivity contribution in [3.05, 3.63) is 259 Å². The zero-order valence-corrected chi connectivity index (χ0v) is 33.9. The maximum absolute atomic E-state index is 5.22. The highest BCUT2D eigenvalue weighted by atomic mass is 15.0. The lowest BCUT2D eigenvalue weighted by Gasteiger charge is -2.34. The quantitative estimate of drug-likeness (QED) is 0.161. The summed E-state index contributed by atoms with van der Waals surface area (Å²) < 4.78 is 2.38. The third-order valence-corrected chi connectivity index (χ3v) is 12.7. The summed E-state index contributed by atoms with van der Waals surface area (Å²) in [5.41, 5.74) is 17.8. The van der Waals surface area contributed by atoms with Crippen LogP contribution in [0.25, 0.3) is 83.6 Å². The Hall–Kier alpha value is -8.14. The molecule has 0 N–H and O–H groups in total. The Morgan fingerprint density at radius 2 is 0.806 bits per heavy atom. The van der Waals surface area contributed by atoms with E-state index in [4.69, 9.17) is 9.97 Å². The van der Waals surface area contributed by atoms with Crippen LogP contribution in [0.1, 0.15) is 22.3 Å². The van der Waals surface area contributed by atoms with E-state index >= 15 is 0 Å². The van der Waals surface area contributed by atoms with Crippen LogP contribution in [0.3, 0.4) is 0 Å². The second kappa shape index (κ2) is 14.5. The molecule has 0 amide bonds. The second-order valence-corrected chi connectivity index (χ2v) is 16.1. The zero-order chi connectivity index (χ0) is 41.0. The lowest BCUT2D eigenvalue weighted by Crippen LogP contribution is -2.28. The molecular formula is C59H39N3. The van der Waals surface area contributed by atoms with Crippen LogP contribution in [0.5, 0.6) is 0 Å². The van der Waals surface area contributed by atoms with Crippen molar-refractivity contribution in [1.82, 2.24) is 14.5 Å². The average molecular weight is 790 g/mol. The summed E-state index contributed by atoms with van der Waals surface area (Å²) in [6.07, 6.45) is 0. The summed E-state index contributed by atoms with van der Waals surface area (Å²) in [4.78, 5) is 10.4. The first-order valence-corrected chi connectivity index (χ1v) is 21.2. The molecule has 0 bridgehead atoms. The van der Waals surface area contributed by atoms with Crippen molar-refractivity contribution >= 4 is 21.8 Å². The van der Waals surface area contributed by atoms with Gasteiger partial charge in [0.05, 0.1) is 27.8 Å². The molecule has 0 atom stereocenters. The van der Waals surface area contributed by atoms with E-state index in [0.29, 0.717) is 5.82 Å². The average Bonchev–Trinajstić information content (AvgIpc) is 3.85. The van der Waals surface area contributed by atoms with Crippen LogP contribution >= 0.6 is 0 Å². The Balaban J connectivity index is 1.10. The molecule has 0 radical (unpaired) electrons. The van der Waals surface area contributed by atoms with Crippen LogP contribution < -0.4 is 0 Å². The molecule has 11 aromatic rings. The topological polar surface area (TPSA) is 30.7 Å². The lowest BCUT2D eigenvalue weighted by molar-refractivity contribution is 0.768. The summed E-state index contributed by atoms with van der Waals surface area (Å²) >= 11 is 0. The van der Waals surface area contributed by atoms with E-state index in [1.807, 2.05) is 12.1 Å². The van der Waals surface area contributed by atoms with Gasteiger partial charge in [-0.3, -0.25) is 0 Å². The Kier molecular flexibility index (Phi) is 8.39. The first-order chi connectivity index (χ1) is 30.8. The van der Waals surface area contributed by atoms with Gasteiger partial charge in [-0.15, -0.1) is 0 Å². The summed E-state index contributed by atoms with van der Waals surface area (Å²) in [6, 6.07) is 85.2. The zero-order valence-electron chi connectivity index (χ0n) is 33.9. The maximum Gasteiger partial charge on any atom is 0.160 e. The third-order valence-electron chi connectivity index (χ3n) is 12.7. The van der Waals surface area contributed by atoms with Crippen LogP contribution in [0.15, 0.2) is 237 Å². The van der Waals surface area contributed by atoms with Gasteiger partial charge in [-0.25, -0.2) is 9.97 Å². The molecule has 3 heteroatoms. The number of aromatic nitrogens is 3. The van der Waals surface area contributed by atoms with E-state index in [1.165, 1.54) is 49.9 Å². The highest BCUT2D eigenvalue weighted by Crippen LogP contribution is 2.58. The van der Waals surface area contributed by atoms with Gasteiger partial charge in [-0.2, -0.15) is 0 Å². The highest BCUT2D eigenvalue weighted by molar-refractivity contribution is 6.12. The van der Waals surface area contributed by atoms with E-state index in [1.54, 1.807) is 0 Å². The highest BCUT2D eigenvalue weighted by Gasteiger charge is 2.46. The van der Waals surface area contributed by atoms with Gasteiger partial charge in [0.15, 0.2) is 5.82 Å². The molecule has 0 spiro atoms. The number of rotatable bonds is 7. The van der Waals surface area contributed by atoms with E-state index in [0.717, 1.165) is 50.2 Å². The van der Waals surface area contributed by atoms with Crippen LogP contribution in [-0.2, 0) is 5.41 Å². The Bertz CT molecular complexity index is 3330. The van der Waals surface area contributed by atoms with Crippen molar-refractivity contribution in [1.29, 1.82) is 0 Å². The molecule has 0 fully saturated rings. The molecule has 12 rings (SSSR count). The van der Waals surface area contributed by atoms with Crippen LogP contribution in [0.2, 0.25) is 0 Å². The van der Waals surface area contributed by atoms with E-state index in [2.05, 4.69) is 229 Å². The molecule has 0 saturated carbocycles. The number of para-hydroxylation sites is 1. The SMILES string of the molecule is c1ccc(-c2cc(-c3ccccc3)nc(-c3ccc4c(c3)c3cc(-c5cccc6c5-c5ccccc5C6(c5ccccc5)c5ccccc5)ccc3n4-c3ccccc3)n2)cc1. The van der Waals surface area contributed by atoms with Crippen LogP contribution in [-0.4, -0.2) is 14.5 Å². The van der Waals surface area contributed by atoms with E-state index in [9.17, 15) is 0 Å². The minimum absolute atomic E-state index is 0.473. The monoisotopic (exact) mass is 789 g/mol. The van der Waals surface area contributed by atoms with Gasteiger partial charge < -0.3 is 4.57 Å². The summed E-state index contributed by atoms with van der Waals surface area (Å²) in [5, 5.41) is 2.32. The number of fused-ring (bicyclic) bond motifs is 6. The van der Waals surface area contributed by atoms with Crippen molar-refractivity contribution < 1.29 is 0 Å². The Morgan fingerprint density at radius 3 is 1.40 bits per heavy atom. The molecule has 1 aliphatic rings. The van der Waals surface area contributed by atoms with Crippen molar-refractivity contribution in [2.45, 2.75) is 5.41 Å². The van der Waals surface area contributed by atoms with E-state index in [-0.39, 0.29) is 0 Å². The van der Waals surface area contributed by atoms with Crippen molar-refractivity contribution in [2.24, 2.45) is 0 Å². The summed E-state index contributed by atoms with van der Waals surface area (Å²) in [7, 11) is 0. The molecule has 2 aromatic heterocycles. The maximum atomic E-state index is 5.22. The largest absolute Gasteiger partial charge is 0.309 e. The number of hydrogen-bond acceptors (Lipinski definition) is 2. The second-order valence-electron chi connectivity index (χ2n) is 16.1. The lowest BCUT2D eigenvalue weighted by atomic mass is 9.67. The molecule has 62 heavy (non-hydrogen) atoms. The standard InChI is InChI=1S/C59H39N3/c1-6-19-40(20-7-1)53-39-54(41-21-8-2-9-22-41)61-58(60-53)43-34-36-56-50(38-43)49-37-42(33-35-55(49)62(56)46-27-14-5-15-28-46)47-30-18-32-52-57(47)48-29-16-17-31-51(48)59(52,44-23-10-3-11-24-44)45-25-12-4-13-26-45/h1-39H. The fraction of sp³-hybridized carbons (Fsp3) is 0.0169. The van der Waals surface area contributed by atoms with Crippen molar-refractivity contribution in [3.63, 3.8) is 0 Å².